The Kier molecular flexibility index (Phi) is 6.98. The molecule has 0 aliphatic rings. The lowest BCUT2D eigenvalue weighted by molar-refractivity contribution is -0.118. The summed E-state index contributed by atoms with van der Waals surface area (Å²) in [4.78, 5) is 12.3. The van der Waals surface area contributed by atoms with Gasteiger partial charge in [0.1, 0.15) is 0 Å². The average molecular weight is 423 g/mol. The average Bonchev–Trinajstić information content (AvgIpc) is 3.11. The summed E-state index contributed by atoms with van der Waals surface area (Å²) in [6.07, 6.45) is 0. The summed E-state index contributed by atoms with van der Waals surface area (Å²) in [5, 5.41) is 12.3. The molecule has 0 aliphatic heterocycles. The number of aromatic nitrogens is 3. The summed E-state index contributed by atoms with van der Waals surface area (Å²) >= 11 is 1.40. The Morgan fingerprint density at radius 2 is 1.73 bits per heavy atom. The molecular weight excluding hydrogens is 392 g/mol. The minimum absolute atomic E-state index is 0.00172. The second-order valence-corrected chi connectivity index (χ2v) is 9.54. The predicted molar refractivity (Wildman–Crippen MR) is 124 cm³/mol. The topological polar surface area (TPSA) is 59.8 Å². The molecule has 6 heteroatoms. The van der Waals surface area contributed by atoms with E-state index >= 15 is 0 Å². The Hall–Kier alpha value is -2.60. The van der Waals surface area contributed by atoms with E-state index in [-0.39, 0.29) is 17.2 Å². The van der Waals surface area contributed by atoms with E-state index in [9.17, 15) is 4.79 Å². The number of benzene rings is 2. The van der Waals surface area contributed by atoms with E-state index in [2.05, 4.69) is 79.6 Å². The third kappa shape index (κ3) is 5.51. The van der Waals surface area contributed by atoms with E-state index in [1.54, 1.807) is 0 Å². The van der Waals surface area contributed by atoms with Gasteiger partial charge in [-0.25, -0.2) is 0 Å². The van der Waals surface area contributed by atoms with Crippen LogP contribution in [-0.4, -0.2) is 33.0 Å². The van der Waals surface area contributed by atoms with E-state index in [0.29, 0.717) is 12.3 Å². The number of rotatable bonds is 7. The largest absolute Gasteiger partial charge is 0.355 e. The lowest BCUT2D eigenvalue weighted by Gasteiger charge is -2.19. The first-order chi connectivity index (χ1) is 14.3. The maximum atomic E-state index is 12.3. The highest BCUT2D eigenvalue weighted by atomic mass is 32.2. The molecule has 30 heavy (non-hydrogen) atoms. The van der Waals surface area contributed by atoms with Crippen LogP contribution in [-0.2, 0) is 17.3 Å². The molecular formula is C24H30N4OS. The van der Waals surface area contributed by atoms with Crippen LogP contribution in [0.15, 0.2) is 59.8 Å². The van der Waals surface area contributed by atoms with Gasteiger partial charge in [0.25, 0.3) is 0 Å². The fourth-order valence-electron chi connectivity index (χ4n) is 3.16. The molecule has 1 atom stereocenters. The Morgan fingerprint density at radius 3 is 2.37 bits per heavy atom. The number of amides is 1. The van der Waals surface area contributed by atoms with Gasteiger partial charge in [-0.05, 0) is 22.5 Å². The zero-order chi connectivity index (χ0) is 21.7. The number of nitrogens with zero attached hydrogens (tertiary/aromatic N) is 3. The van der Waals surface area contributed by atoms with E-state index < -0.39 is 0 Å². The summed E-state index contributed by atoms with van der Waals surface area (Å²) in [5.74, 6) is 1.40. The van der Waals surface area contributed by atoms with Gasteiger partial charge in [-0.2, -0.15) is 0 Å². The lowest BCUT2D eigenvalue weighted by atomic mass is 9.87. The standard InChI is InChI=1S/C24H30N4OS/c1-17(18-9-7-6-8-10-18)15-25-21(29)16-30-23-27-26-22(28(23)5)19-11-13-20(14-12-19)24(2,3)4/h6-14,17H,15-16H2,1-5H3,(H,25,29)/t17-/m0/s1. The van der Waals surface area contributed by atoms with E-state index in [1.807, 2.05) is 29.8 Å². The van der Waals surface area contributed by atoms with Crippen LogP contribution < -0.4 is 5.32 Å². The highest BCUT2D eigenvalue weighted by molar-refractivity contribution is 7.99. The molecule has 0 radical (unpaired) electrons. The van der Waals surface area contributed by atoms with Crippen LogP contribution in [0, 0.1) is 0 Å². The quantitative estimate of drug-likeness (QED) is 0.556. The zero-order valence-corrected chi connectivity index (χ0v) is 19.2. The van der Waals surface area contributed by atoms with Crippen LogP contribution in [0.3, 0.4) is 0 Å². The molecule has 0 saturated carbocycles. The predicted octanol–water partition coefficient (Wildman–Crippen LogP) is 4.79. The van der Waals surface area contributed by atoms with Gasteiger partial charge in [0.15, 0.2) is 11.0 Å². The molecule has 5 nitrogen and oxygen atoms in total. The van der Waals surface area contributed by atoms with Crippen LogP contribution in [0.25, 0.3) is 11.4 Å². The summed E-state index contributed by atoms with van der Waals surface area (Å²) in [7, 11) is 1.94. The molecule has 3 rings (SSSR count). The van der Waals surface area contributed by atoms with Gasteiger partial charge in [0.05, 0.1) is 5.75 Å². The lowest BCUT2D eigenvalue weighted by Crippen LogP contribution is -2.29. The molecule has 0 bridgehead atoms. The summed E-state index contributed by atoms with van der Waals surface area (Å²) in [6.45, 7) is 9.33. The number of carbonyl (C=O) groups excluding carboxylic acids is 1. The molecule has 1 amide bonds. The number of thioether (sulfide) groups is 1. The van der Waals surface area contributed by atoms with Crippen molar-refractivity contribution in [3.63, 3.8) is 0 Å². The fourth-order valence-corrected chi connectivity index (χ4v) is 3.90. The van der Waals surface area contributed by atoms with Gasteiger partial charge in [-0.1, -0.05) is 94.1 Å². The third-order valence-corrected chi connectivity index (χ3v) is 6.17. The second-order valence-electron chi connectivity index (χ2n) is 8.60. The maximum Gasteiger partial charge on any atom is 0.230 e. The smallest absolute Gasteiger partial charge is 0.230 e. The first kappa shape index (κ1) is 22.1. The third-order valence-electron chi connectivity index (χ3n) is 5.15. The molecule has 1 N–H and O–H groups in total. The van der Waals surface area contributed by atoms with Crippen molar-refractivity contribution in [1.82, 2.24) is 20.1 Å². The molecule has 0 fully saturated rings. The first-order valence-electron chi connectivity index (χ1n) is 10.2. The van der Waals surface area contributed by atoms with Crippen LogP contribution in [0.4, 0.5) is 0 Å². The van der Waals surface area contributed by atoms with Gasteiger partial charge in [-0.3, -0.25) is 4.79 Å². The van der Waals surface area contributed by atoms with E-state index in [0.717, 1.165) is 16.5 Å². The fraction of sp³-hybridized carbons (Fsp3) is 0.375. The SMILES string of the molecule is C[C@@H](CNC(=O)CSc1nnc(-c2ccc(C(C)(C)C)cc2)n1C)c1ccccc1. The second kappa shape index (κ2) is 9.47. The Morgan fingerprint density at radius 1 is 1.07 bits per heavy atom. The Labute approximate surface area is 183 Å². The van der Waals surface area contributed by atoms with Crippen LogP contribution >= 0.6 is 11.8 Å². The van der Waals surface area contributed by atoms with Crippen molar-refractivity contribution in [2.24, 2.45) is 7.05 Å². The van der Waals surface area contributed by atoms with Crippen molar-refractivity contribution in [2.45, 2.75) is 44.2 Å². The van der Waals surface area contributed by atoms with Crippen molar-refractivity contribution in [2.75, 3.05) is 12.3 Å². The molecule has 158 valence electrons. The van der Waals surface area contributed by atoms with Gasteiger partial charge >= 0.3 is 0 Å². The molecule has 2 aromatic carbocycles. The molecule has 3 aromatic rings. The van der Waals surface area contributed by atoms with Crippen molar-refractivity contribution < 1.29 is 4.79 Å². The van der Waals surface area contributed by atoms with Crippen LogP contribution in [0.1, 0.15) is 44.7 Å². The number of carbonyl (C=O) groups is 1. The van der Waals surface area contributed by atoms with Crippen LogP contribution in [0.2, 0.25) is 0 Å². The van der Waals surface area contributed by atoms with Crippen molar-refractivity contribution in [3.8, 4) is 11.4 Å². The maximum absolute atomic E-state index is 12.3. The molecule has 0 unspecified atom stereocenters. The molecule has 0 spiro atoms. The van der Waals surface area contributed by atoms with Crippen LogP contribution in [0.5, 0.6) is 0 Å². The zero-order valence-electron chi connectivity index (χ0n) is 18.3. The van der Waals surface area contributed by atoms with Gasteiger partial charge in [0.2, 0.25) is 5.91 Å². The van der Waals surface area contributed by atoms with Gasteiger partial charge < -0.3 is 9.88 Å². The Balaban J connectivity index is 1.55. The normalized spacial score (nSPS) is 12.6. The van der Waals surface area contributed by atoms with Crippen molar-refractivity contribution in [3.05, 3.63) is 65.7 Å². The number of hydrogen-bond donors (Lipinski definition) is 1. The van der Waals surface area contributed by atoms with E-state index in [4.69, 9.17) is 0 Å². The minimum Gasteiger partial charge on any atom is -0.355 e. The summed E-state index contributed by atoms with van der Waals surface area (Å²) < 4.78 is 1.94. The summed E-state index contributed by atoms with van der Waals surface area (Å²) in [6, 6.07) is 18.6. The molecule has 0 saturated heterocycles. The number of nitrogens with one attached hydrogen (secondary N) is 1. The van der Waals surface area contributed by atoms with Gasteiger partial charge in [0, 0.05) is 19.2 Å². The Bertz CT molecular complexity index is 975. The molecule has 1 heterocycles. The minimum atomic E-state index is 0.00172. The first-order valence-corrected chi connectivity index (χ1v) is 11.2. The molecule has 1 aromatic heterocycles. The van der Waals surface area contributed by atoms with Crippen molar-refractivity contribution >= 4 is 17.7 Å². The van der Waals surface area contributed by atoms with Crippen molar-refractivity contribution in [1.29, 1.82) is 0 Å². The summed E-state index contributed by atoms with van der Waals surface area (Å²) in [5.41, 5.74) is 3.64. The highest BCUT2D eigenvalue weighted by Gasteiger charge is 2.16. The van der Waals surface area contributed by atoms with Gasteiger partial charge in [-0.15, -0.1) is 10.2 Å². The van der Waals surface area contributed by atoms with E-state index in [1.165, 1.54) is 22.9 Å². The molecule has 0 aliphatic carbocycles. The number of hydrogen-bond acceptors (Lipinski definition) is 4. The highest BCUT2D eigenvalue weighted by Crippen LogP contribution is 2.27. The monoisotopic (exact) mass is 422 g/mol.